The molecule has 0 aliphatic heterocycles. The van der Waals surface area contributed by atoms with Crippen LogP contribution >= 0.6 is 0 Å². The van der Waals surface area contributed by atoms with Crippen molar-refractivity contribution in [2.24, 2.45) is 0 Å². The lowest BCUT2D eigenvalue weighted by Crippen LogP contribution is -2.42. The summed E-state index contributed by atoms with van der Waals surface area (Å²) in [5, 5.41) is 2.98. The van der Waals surface area contributed by atoms with Crippen LogP contribution in [0.15, 0.2) is 64.2 Å². The molecule has 0 spiro atoms. The van der Waals surface area contributed by atoms with Gasteiger partial charge in [0.1, 0.15) is 18.0 Å². The number of rotatable bonds is 7. The van der Waals surface area contributed by atoms with Crippen LogP contribution in [0.5, 0.6) is 11.5 Å². The molecule has 4 aromatic rings. The molecule has 1 N–H and O–H groups in total. The minimum atomic E-state index is -0.689. The molecule has 0 saturated heterocycles. The second kappa shape index (κ2) is 9.84. The van der Waals surface area contributed by atoms with Crippen molar-refractivity contribution >= 4 is 22.6 Å². The van der Waals surface area contributed by atoms with Crippen LogP contribution in [0.25, 0.3) is 16.7 Å². The minimum absolute atomic E-state index is 0.213. The van der Waals surface area contributed by atoms with Gasteiger partial charge in [-0.25, -0.2) is 18.9 Å². The summed E-state index contributed by atoms with van der Waals surface area (Å²) in [5.41, 5.74) is 1.19. The number of carbonyl (C=O) groups excluding carboxylic acids is 1. The number of hydrogen-bond acceptors (Lipinski definition) is 6. The topological polar surface area (TPSA) is 104 Å². The predicted molar refractivity (Wildman–Crippen MR) is 134 cm³/mol. The molecular formula is C26H26N4O5. The molecule has 1 amide bonds. The normalized spacial score (nSPS) is 10.9. The van der Waals surface area contributed by atoms with Gasteiger partial charge < -0.3 is 14.8 Å². The molecule has 180 valence electrons. The summed E-state index contributed by atoms with van der Waals surface area (Å²) >= 11 is 0. The fourth-order valence-corrected chi connectivity index (χ4v) is 3.99. The molecule has 35 heavy (non-hydrogen) atoms. The highest BCUT2D eigenvalue weighted by Crippen LogP contribution is 2.24. The van der Waals surface area contributed by atoms with E-state index in [1.54, 1.807) is 68.4 Å². The van der Waals surface area contributed by atoms with Crippen LogP contribution in [0, 0.1) is 13.8 Å². The van der Waals surface area contributed by atoms with E-state index in [9.17, 15) is 14.4 Å². The second-order valence-electron chi connectivity index (χ2n) is 7.97. The molecule has 0 aliphatic rings. The number of para-hydroxylation sites is 2. The first kappa shape index (κ1) is 23.7. The van der Waals surface area contributed by atoms with E-state index in [1.165, 1.54) is 11.7 Å². The first-order chi connectivity index (χ1) is 16.8. The molecule has 0 radical (unpaired) electrons. The fourth-order valence-electron chi connectivity index (χ4n) is 3.99. The number of carbonyl (C=O) groups is 1. The van der Waals surface area contributed by atoms with E-state index >= 15 is 0 Å². The Hall–Kier alpha value is -4.40. The summed E-state index contributed by atoms with van der Waals surface area (Å²) in [7, 11) is 1.50. The van der Waals surface area contributed by atoms with Gasteiger partial charge in [0.25, 0.3) is 5.56 Å². The van der Waals surface area contributed by atoms with Crippen LogP contribution in [-0.2, 0) is 11.3 Å². The summed E-state index contributed by atoms with van der Waals surface area (Å²) < 4.78 is 13.1. The molecule has 0 unspecified atom stereocenters. The largest absolute Gasteiger partial charge is 0.495 e. The van der Waals surface area contributed by atoms with Crippen molar-refractivity contribution in [1.29, 1.82) is 0 Å². The zero-order valence-electron chi connectivity index (χ0n) is 20.0. The number of nitrogens with one attached hydrogen (secondary N) is 1. The highest BCUT2D eigenvalue weighted by molar-refractivity contribution is 5.91. The standard InChI is InChI=1S/C26H26N4O5/c1-5-35-19-12-10-18(11-13-19)28-22(31)15-29-25(32)23-16(2)14-17(3)27-24(23)30(26(29)33)20-8-6-7-9-21(20)34-4/h6-14H,5,15H2,1-4H3,(H,28,31). The Morgan fingerprint density at radius 3 is 2.46 bits per heavy atom. The molecular weight excluding hydrogens is 448 g/mol. The molecule has 9 nitrogen and oxygen atoms in total. The van der Waals surface area contributed by atoms with E-state index in [-0.39, 0.29) is 11.0 Å². The summed E-state index contributed by atoms with van der Waals surface area (Å²) in [6, 6.07) is 15.6. The van der Waals surface area contributed by atoms with E-state index in [0.717, 1.165) is 4.57 Å². The molecule has 0 atom stereocenters. The minimum Gasteiger partial charge on any atom is -0.495 e. The Morgan fingerprint density at radius 1 is 1.06 bits per heavy atom. The predicted octanol–water partition coefficient (Wildman–Crippen LogP) is 3.21. The van der Waals surface area contributed by atoms with Crippen molar-refractivity contribution in [3.05, 3.63) is 86.7 Å². The highest BCUT2D eigenvalue weighted by Gasteiger charge is 2.21. The van der Waals surface area contributed by atoms with Gasteiger partial charge in [0.15, 0.2) is 5.65 Å². The maximum Gasteiger partial charge on any atom is 0.337 e. The Bertz CT molecular complexity index is 1520. The van der Waals surface area contributed by atoms with E-state index in [4.69, 9.17) is 9.47 Å². The average Bonchev–Trinajstić information content (AvgIpc) is 2.83. The number of hydrogen-bond donors (Lipinski definition) is 1. The Labute approximate surface area is 201 Å². The maximum absolute atomic E-state index is 13.6. The number of nitrogens with zero attached hydrogens (tertiary/aromatic N) is 3. The third kappa shape index (κ3) is 4.65. The lowest BCUT2D eigenvalue weighted by molar-refractivity contribution is -0.116. The van der Waals surface area contributed by atoms with Crippen LogP contribution in [0.2, 0.25) is 0 Å². The second-order valence-corrected chi connectivity index (χ2v) is 7.97. The maximum atomic E-state index is 13.6. The lowest BCUT2D eigenvalue weighted by Gasteiger charge is -2.17. The molecule has 9 heteroatoms. The van der Waals surface area contributed by atoms with Crippen LogP contribution in [0.1, 0.15) is 18.2 Å². The molecule has 0 saturated carbocycles. The van der Waals surface area contributed by atoms with Crippen molar-refractivity contribution < 1.29 is 14.3 Å². The zero-order valence-corrected chi connectivity index (χ0v) is 20.0. The number of ether oxygens (including phenoxy) is 2. The monoisotopic (exact) mass is 474 g/mol. The first-order valence-corrected chi connectivity index (χ1v) is 11.1. The van der Waals surface area contributed by atoms with Crippen LogP contribution < -0.4 is 26.0 Å². The smallest absolute Gasteiger partial charge is 0.337 e. The average molecular weight is 475 g/mol. The summed E-state index contributed by atoms with van der Waals surface area (Å²) in [5.74, 6) is 0.590. The third-order valence-electron chi connectivity index (χ3n) is 5.50. The van der Waals surface area contributed by atoms with E-state index in [2.05, 4.69) is 10.3 Å². The van der Waals surface area contributed by atoms with Crippen molar-refractivity contribution in [3.63, 3.8) is 0 Å². The van der Waals surface area contributed by atoms with Gasteiger partial charge in [-0.3, -0.25) is 9.59 Å². The quantitative estimate of drug-likeness (QED) is 0.441. The van der Waals surface area contributed by atoms with Crippen molar-refractivity contribution in [3.8, 4) is 17.2 Å². The molecule has 2 aromatic heterocycles. The fraction of sp³-hybridized carbons (Fsp3) is 0.231. The number of pyridine rings is 1. The number of fused-ring (bicyclic) bond motifs is 1. The Morgan fingerprint density at radius 2 is 1.77 bits per heavy atom. The van der Waals surface area contributed by atoms with Crippen molar-refractivity contribution in [2.45, 2.75) is 27.3 Å². The number of methoxy groups -OCH3 is 1. The first-order valence-electron chi connectivity index (χ1n) is 11.1. The Kier molecular flexibility index (Phi) is 6.68. The van der Waals surface area contributed by atoms with Gasteiger partial charge in [0.2, 0.25) is 5.91 Å². The molecule has 2 aromatic carbocycles. The van der Waals surface area contributed by atoms with Gasteiger partial charge in [0, 0.05) is 11.4 Å². The molecule has 0 aliphatic carbocycles. The summed E-state index contributed by atoms with van der Waals surface area (Å²) in [6.07, 6.45) is 0. The number of aromatic nitrogens is 3. The molecule has 0 fully saturated rings. The molecule has 4 rings (SSSR count). The van der Waals surface area contributed by atoms with E-state index < -0.39 is 23.7 Å². The van der Waals surface area contributed by atoms with Gasteiger partial charge in [-0.15, -0.1) is 0 Å². The SMILES string of the molecule is CCOc1ccc(NC(=O)Cn2c(=O)c3c(C)cc(C)nc3n(-c3ccccc3OC)c2=O)cc1. The van der Waals surface area contributed by atoms with Gasteiger partial charge >= 0.3 is 5.69 Å². The van der Waals surface area contributed by atoms with E-state index in [1.807, 2.05) is 6.92 Å². The third-order valence-corrected chi connectivity index (χ3v) is 5.50. The molecule has 2 heterocycles. The van der Waals surface area contributed by atoms with Crippen LogP contribution in [-0.4, -0.2) is 33.7 Å². The number of anilines is 1. The van der Waals surface area contributed by atoms with Gasteiger partial charge in [-0.2, -0.15) is 0 Å². The summed E-state index contributed by atoms with van der Waals surface area (Å²) in [6.45, 7) is 5.51. The van der Waals surface area contributed by atoms with Crippen LogP contribution in [0.4, 0.5) is 5.69 Å². The van der Waals surface area contributed by atoms with Crippen molar-refractivity contribution in [2.75, 3.05) is 19.0 Å². The number of aryl methyl sites for hydroxylation is 2. The van der Waals surface area contributed by atoms with Gasteiger partial charge in [-0.05, 0) is 68.8 Å². The highest BCUT2D eigenvalue weighted by atomic mass is 16.5. The lowest BCUT2D eigenvalue weighted by atomic mass is 10.1. The Balaban J connectivity index is 1.83. The zero-order chi connectivity index (χ0) is 25.1. The van der Waals surface area contributed by atoms with Crippen molar-refractivity contribution in [1.82, 2.24) is 14.1 Å². The van der Waals surface area contributed by atoms with Gasteiger partial charge in [0.05, 0.1) is 24.8 Å². The van der Waals surface area contributed by atoms with E-state index in [0.29, 0.717) is 40.7 Å². The van der Waals surface area contributed by atoms with Gasteiger partial charge in [-0.1, -0.05) is 12.1 Å². The summed E-state index contributed by atoms with van der Waals surface area (Å²) in [4.78, 5) is 44.4. The molecule has 0 bridgehead atoms. The number of amides is 1. The number of benzene rings is 2. The van der Waals surface area contributed by atoms with Crippen LogP contribution in [0.3, 0.4) is 0 Å².